The number of fused-ring (bicyclic) bond motifs is 3. The smallest absolute Gasteiger partial charge is 0.302 e. The van der Waals surface area contributed by atoms with Crippen LogP contribution in [0.5, 0.6) is 0 Å². The number of aliphatic hydroxyl groups is 2. The number of aliphatic hydroxyl groups excluding tert-OH is 2. The molecule has 0 amide bonds. The van der Waals surface area contributed by atoms with Gasteiger partial charge in [-0.05, 0) is 0 Å². The summed E-state index contributed by atoms with van der Waals surface area (Å²) in [6.45, 7) is 0. The minimum Gasteiger partial charge on any atom is -0.369 e. The highest BCUT2D eigenvalue weighted by Gasteiger charge is 2.31. The molecule has 2 aromatic heterocycles. The number of hydrogen-bond donors (Lipinski definition) is 3. The van der Waals surface area contributed by atoms with Crippen molar-refractivity contribution in [3.63, 3.8) is 0 Å². The van der Waals surface area contributed by atoms with Gasteiger partial charge in [0.15, 0.2) is 23.6 Å². The molecule has 3 N–H and O–H groups in total. The van der Waals surface area contributed by atoms with E-state index in [9.17, 15) is 15.0 Å². The normalized spacial score (nSPS) is 23.1. The highest BCUT2D eigenvalue weighted by Crippen LogP contribution is 2.25. The lowest BCUT2D eigenvalue weighted by Crippen LogP contribution is -2.21. The van der Waals surface area contributed by atoms with E-state index in [0.717, 1.165) is 0 Å². The summed E-state index contributed by atoms with van der Waals surface area (Å²) in [6, 6.07) is 0. The molecule has 8 nitrogen and oxygen atoms in total. The predicted octanol–water partition coefficient (Wildman–Crippen LogP) is -1.58. The van der Waals surface area contributed by atoms with Gasteiger partial charge in [-0.15, -0.1) is 0 Å². The zero-order valence-corrected chi connectivity index (χ0v) is 7.90. The third-order valence-electron chi connectivity index (χ3n) is 2.37. The quantitative estimate of drug-likeness (QED) is 0.492. The van der Waals surface area contributed by atoms with Crippen molar-refractivity contribution in [1.82, 2.24) is 19.5 Å². The molecule has 0 fully saturated rings. The molecule has 0 saturated heterocycles. The molecule has 2 aromatic rings. The molecule has 0 bridgehead atoms. The van der Waals surface area contributed by atoms with Crippen molar-refractivity contribution in [2.45, 2.75) is 12.5 Å². The van der Waals surface area contributed by atoms with Gasteiger partial charge in [0.1, 0.15) is 0 Å². The second-order valence-corrected chi connectivity index (χ2v) is 3.34. The highest BCUT2D eigenvalue weighted by atomic mass is 16.4. The van der Waals surface area contributed by atoms with E-state index in [1.54, 1.807) is 0 Å². The topological polar surface area (TPSA) is 113 Å². The first-order valence-electron chi connectivity index (χ1n) is 4.54. The SMILES string of the molecule is O=c1nc2n(c3nccnc13)C(O)C(O)N2. The van der Waals surface area contributed by atoms with Gasteiger partial charge in [-0.3, -0.25) is 9.36 Å². The minimum atomic E-state index is -1.23. The second-order valence-electron chi connectivity index (χ2n) is 3.34. The number of rotatable bonds is 0. The maximum absolute atomic E-state index is 11.5. The van der Waals surface area contributed by atoms with Crippen LogP contribution in [0.2, 0.25) is 0 Å². The van der Waals surface area contributed by atoms with Crippen LogP contribution >= 0.6 is 0 Å². The monoisotopic (exact) mass is 221 g/mol. The molecule has 1 aliphatic heterocycles. The maximum atomic E-state index is 11.5. The molecule has 3 heterocycles. The molecule has 82 valence electrons. The summed E-state index contributed by atoms with van der Waals surface area (Å²) in [7, 11) is 0. The molecular formula is C8H7N5O3. The van der Waals surface area contributed by atoms with E-state index in [-0.39, 0.29) is 17.1 Å². The van der Waals surface area contributed by atoms with Gasteiger partial charge < -0.3 is 15.5 Å². The maximum Gasteiger partial charge on any atom is 0.302 e. The molecule has 2 atom stereocenters. The Labute approximate surface area is 88.2 Å². The van der Waals surface area contributed by atoms with Crippen molar-refractivity contribution < 1.29 is 10.2 Å². The second kappa shape index (κ2) is 2.97. The van der Waals surface area contributed by atoms with Gasteiger partial charge in [0.25, 0.3) is 0 Å². The molecule has 0 saturated carbocycles. The van der Waals surface area contributed by atoms with Crippen molar-refractivity contribution in [1.29, 1.82) is 0 Å². The first kappa shape index (κ1) is 9.19. The largest absolute Gasteiger partial charge is 0.369 e. The zero-order chi connectivity index (χ0) is 11.3. The number of anilines is 1. The van der Waals surface area contributed by atoms with Crippen molar-refractivity contribution in [2.75, 3.05) is 5.32 Å². The Hall–Kier alpha value is -2.06. The molecule has 0 radical (unpaired) electrons. The average molecular weight is 221 g/mol. The molecule has 0 aliphatic carbocycles. The molecule has 0 spiro atoms. The van der Waals surface area contributed by atoms with Crippen LogP contribution in [0.15, 0.2) is 17.2 Å². The Kier molecular flexibility index (Phi) is 1.70. The van der Waals surface area contributed by atoms with Crippen molar-refractivity contribution in [2.24, 2.45) is 0 Å². The van der Waals surface area contributed by atoms with Crippen molar-refractivity contribution in [3.8, 4) is 0 Å². The summed E-state index contributed by atoms with van der Waals surface area (Å²) in [5.41, 5.74) is -0.307. The minimum absolute atomic E-state index is 0.0567. The van der Waals surface area contributed by atoms with Crippen LogP contribution in [-0.2, 0) is 0 Å². The van der Waals surface area contributed by atoms with Gasteiger partial charge in [-0.2, -0.15) is 4.98 Å². The first-order valence-corrected chi connectivity index (χ1v) is 4.54. The van der Waals surface area contributed by atoms with E-state index >= 15 is 0 Å². The first-order chi connectivity index (χ1) is 7.68. The fourth-order valence-corrected chi connectivity index (χ4v) is 1.66. The van der Waals surface area contributed by atoms with Crippen LogP contribution in [-0.4, -0.2) is 36.0 Å². The summed E-state index contributed by atoms with van der Waals surface area (Å²) in [5, 5.41) is 21.5. The van der Waals surface area contributed by atoms with E-state index in [1.807, 2.05) is 0 Å². The van der Waals surface area contributed by atoms with Crippen LogP contribution in [0.4, 0.5) is 5.95 Å². The molecule has 3 rings (SSSR count). The van der Waals surface area contributed by atoms with Crippen molar-refractivity contribution >= 4 is 17.1 Å². The summed E-state index contributed by atoms with van der Waals surface area (Å²) >= 11 is 0. The summed E-state index contributed by atoms with van der Waals surface area (Å²) < 4.78 is 1.23. The van der Waals surface area contributed by atoms with E-state index in [2.05, 4.69) is 20.3 Å². The molecule has 8 heteroatoms. The van der Waals surface area contributed by atoms with E-state index in [0.29, 0.717) is 0 Å². The van der Waals surface area contributed by atoms with E-state index < -0.39 is 18.0 Å². The van der Waals surface area contributed by atoms with Gasteiger partial charge in [0.2, 0.25) is 5.95 Å². The highest BCUT2D eigenvalue weighted by molar-refractivity contribution is 5.71. The van der Waals surface area contributed by atoms with Gasteiger partial charge in [0.05, 0.1) is 0 Å². The Bertz CT molecular complexity index is 625. The summed E-state index contributed by atoms with van der Waals surface area (Å²) in [4.78, 5) is 23.0. The number of nitrogens with zero attached hydrogens (tertiary/aromatic N) is 4. The third kappa shape index (κ3) is 1.05. The third-order valence-corrected chi connectivity index (χ3v) is 2.37. The van der Waals surface area contributed by atoms with E-state index in [1.165, 1.54) is 17.0 Å². The van der Waals surface area contributed by atoms with Crippen LogP contribution in [0.3, 0.4) is 0 Å². The van der Waals surface area contributed by atoms with Gasteiger partial charge in [0, 0.05) is 12.4 Å². The van der Waals surface area contributed by atoms with Gasteiger partial charge in [-0.1, -0.05) is 0 Å². The van der Waals surface area contributed by atoms with Crippen LogP contribution in [0.25, 0.3) is 11.2 Å². The fourth-order valence-electron chi connectivity index (χ4n) is 1.66. The molecule has 2 unspecified atom stereocenters. The molecule has 1 aliphatic rings. The van der Waals surface area contributed by atoms with Gasteiger partial charge >= 0.3 is 5.56 Å². The van der Waals surface area contributed by atoms with Crippen LogP contribution in [0, 0.1) is 0 Å². The van der Waals surface area contributed by atoms with E-state index in [4.69, 9.17) is 0 Å². The lowest BCUT2D eigenvalue weighted by molar-refractivity contribution is 0.00612. The number of hydrogen-bond acceptors (Lipinski definition) is 7. The molecular weight excluding hydrogens is 214 g/mol. The summed E-state index contributed by atoms with van der Waals surface area (Å²) in [5.74, 6) is 0.0815. The molecule has 16 heavy (non-hydrogen) atoms. The predicted molar refractivity (Wildman–Crippen MR) is 52.5 cm³/mol. The lowest BCUT2D eigenvalue weighted by Gasteiger charge is -2.10. The Morgan fingerprint density at radius 2 is 2.06 bits per heavy atom. The van der Waals surface area contributed by atoms with Crippen LogP contribution in [0.1, 0.15) is 6.23 Å². The van der Waals surface area contributed by atoms with Crippen LogP contribution < -0.4 is 10.9 Å². The standard InChI is InChI=1S/C8H7N5O3/c14-5-3-4(10-2-1-9-3)13-7(16)6(15)12-8(13)11-5/h1-2,6-7,15-16H,(H,11,12,14). The number of aromatic nitrogens is 4. The Balaban J connectivity index is 2.45. The van der Waals surface area contributed by atoms with Gasteiger partial charge in [-0.25, -0.2) is 9.97 Å². The Morgan fingerprint density at radius 1 is 1.31 bits per heavy atom. The molecule has 0 aromatic carbocycles. The zero-order valence-electron chi connectivity index (χ0n) is 7.90. The lowest BCUT2D eigenvalue weighted by atomic mass is 10.4. The Morgan fingerprint density at radius 3 is 2.88 bits per heavy atom. The number of nitrogens with one attached hydrogen (secondary N) is 1. The van der Waals surface area contributed by atoms with Crippen molar-refractivity contribution in [3.05, 3.63) is 22.7 Å². The average Bonchev–Trinajstić information content (AvgIpc) is 2.55. The summed E-state index contributed by atoms with van der Waals surface area (Å²) in [6.07, 6.45) is 0.317. The fraction of sp³-hybridized carbons (Fsp3) is 0.250.